The molecule has 0 bridgehead atoms. The Labute approximate surface area is 128 Å². The highest BCUT2D eigenvalue weighted by Crippen LogP contribution is 2.32. The van der Waals surface area contributed by atoms with Crippen LogP contribution in [-0.4, -0.2) is 8.42 Å². The van der Waals surface area contributed by atoms with Gasteiger partial charge in [0.15, 0.2) is 0 Å². The molecular weight excluding hydrogens is 372 g/mol. The van der Waals surface area contributed by atoms with Crippen LogP contribution in [0, 0.1) is 6.92 Å². The maximum absolute atomic E-state index is 12.2. The van der Waals surface area contributed by atoms with Gasteiger partial charge in [0.1, 0.15) is 4.21 Å². The summed E-state index contributed by atoms with van der Waals surface area (Å²) in [4.78, 5) is 0. The minimum absolute atomic E-state index is 0.219. The molecule has 0 saturated carbocycles. The summed E-state index contributed by atoms with van der Waals surface area (Å²) in [5.41, 5.74) is 7.18. The van der Waals surface area contributed by atoms with E-state index in [9.17, 15) is 8.42 Å². The molecule has 1 aromatic heterocycles. The smallest absolute Gasteiger partial charge is 0.271 e. The van der Waals surface area contributed by atoms with Gasteiger partial charge in [0.25, 0.3) is 10.0 Å². The van der Waals surface area contributed by atoms with Crippen molar-refractivity contribution in [3.05, 3.63) is 38.6 Å². The number of sulfonamides is 1. The molecule has 0 saturated heterocycles. The van der Waals surface area contributed by atoms with Gasteiger partial charge < -0.3 is 5.73 Å². The van der Waals surface area contributed by atoms with E-state index in [4.69, 9.17) is 17.3 Å². The van der Waals surface area contributed by atoms with E-state index in [-0.39, 0.29) is 9.90 Å². The normalized spacial score (nSPS) is 11.5. The van der Waals surface area contributed by atoms with E-state index in [1.807, 2.05) is 6.92 Å². The number of nitrogens with two attached hydrogens (primary N) is 1. The number of rotatable bonds is 3. The van der Waals surface area contributed by atoms with E-state index < -0.39 is 10.0 Å². The van der Waals surface area contributed by atoms with Crippen LogP contribution in [-0.2, 0) is 10.0 Å². The Bertz CT molecular complexity index is 709. The average molecular weight is 382 g/mol. The number of anilines is 2. The minimum Gasteiger partial charge on any atom is -0.397 e. The minimum atomic E-state index is -3.65. The molecule has 1 aromatic carbocycles. The van der Waals surface area contributed by atoms with E-state index in [1.54, 1.807) is 18.2 Å². The monoisotopic (exact) mass is 380 g/mol. The molecule has 3 N–H and O–H groups in total. The molecule has 102 valence electrons. The predicted molar refractivity (Wildman–Crippen MR) is 83.4 cm³/mol. The van der Waals surface area contributed by atoms with Gasteiger partial charge >= 0.3 is 0 Å². The van der Waals surface area contributed by atoms with Crippen LogP contribution in [0.15, 0.2) is 32.3 Å². The maximum atomic E-state index is 12.2. The average Bonchev–Trinajstić information content (AvgIpc) is 2.65. The number of benzene rings is 1. The molecule has 0 amide bonds. The molecule has 4 nitrogen and oxygen atoms in total. The Balaban J connectivity index is 2.39. The highest BCUT2D eigenvalue weighted by molar-refractivity contribution is 9.11. The number of aryl methyl sites for hydroxylation is 1. The Kier molecular flexibility index (Phi) is 4.10. The van der Waals surface area contributed by atoms with Gasteiger partial charge in [0, 0.05) is 5.02 Å². The Hall–Kier alpha value is -0.760. The number of nitrogens with one attached hydrogen (secondary N) is 1. The second kappa shape index (κ2) is 5.32. The SMILES string of the molecule is Cc1cc(S(=O)(=O)Nc2cc(Cl)ccc2N)sc1Br. The van der Waals surface area contributed by atoms with E-state index in [1.165, 1.54) is 6.07 Å². The first-order valence-electron chi connectivity index (χ1n) is 5.13. The maximum Gasteiger partial charge on any atom is 0.271 e. The first-order chi connectivity index (χ1) is 8.79. The standard InChI is InChI=1S/C11H10BrClN2O2S2/c1-6-4-10(18-11(6)12)19(16,17)15-9-5-7(13)2-3-8(9)14/h2-5,15H,14H2,1H3. The van der Waals surface area contributed by atoms with Crippen molar-refractivity contribution in [2.24, 2.45) is 0 Å². The second-order valence-corrected chi connectivity index (χ2v) is 8.58. The summed E-state index contributed by atoms with van der Waals surface area (Å²) in [6.07, 6.45) is 0. The van der Waals surface area contributed by atoms with Crippen LogP contribution >= 0.6 is 38.9 Å². The summed E-state index contributed by atoms with van der Waals surface area (Å²) in [7, 11) is -3.65. The molecule has 0 unspecified atom stereocenters. The zero-order valence-corrected chi connectivity index (χ0v) is 13.8. The van der Waals surface area contributed by atoms with E-state index in [0.29, 0.717) is 10.7 Å². The van der Waals surface area contributed by atoms with Crippen LogP contribution in [0.5, 0.6) is 0 Å². The molecule has 2 aromatic rings. The van der Waals surface area contributed by atoms with Crippen LogP contribution in [0.25, 0.3) is 0 Å². The first-order valence-corrected chi connectivity index (χ1v) is 8.60. The highest BCUT2D eigenvalue weighted by atomic mass is 79.9. The van der Waals surface area contributed by atoms with Gasteiger partial charge in [-0.1, -0.05) is 11.6 Å². The van der Waals surface area contributed by atoms with E-state index in [0.717, 1.165) is 20.7 Å². The van der Waals surface area contributed by atoms with Crippen molar-refractivity contribution in [3.8, 4) is 0 Å². The zero-order chi connectivity index (χ0) is 14.2. The molecule has 19 heavy (non-hydrogen) atoms. The molecule has 8 heteroatoms. The summed E-state index contributed by atoms with van der Waals surface area (Å²) in [5.74, 6) is 0. The summed E-state index contributed by atoms with van der Waals surface area (Å²) in [6.45, 7) is 1.83. The third-order valence-corrected chi connectivity index (χ3v) is 6.57. The quantitative estimate of drug-likeness (QED) is 0.793. The molecule has 0 atom stereocenters. The topological polar surface area (TPSA) is 72.2 Å². The van der Waals surface area contributed by atoms with Gasteiger partial charge in [0.05, 0.1) is 15.2 Å². The van der Waals surface area contributed by atoms with Crippen molar-refractivity contribution in [2.45, 2.75) is 11.1 Å². The third kappa shape index (κ3) is 3.22. The van der Waals surface area contributed by atoms with Crippen molar-refractivity contribution in [3.63, 3.8) is 0 Å². The van der Waals surface area contributed by atoms with Crippen LogP contribution in [0.1, 0.15) is 5.56 Å². The van der Waals surface area contributed by atoms with Crippen LogP contribution in [0.4, 0.5) is 11.4 Å². The summed E-state index contributed by atoms with van der Waals surface area (Å²) >= 11 is 10.3. The Morgan fingerprint density at radius 3 is 2.63 bits per heavy atom. The molecule has 2 rings (SSSR count). The molecule has 0 radical (unpaired) electrons. The fourth-order valence-electron chi connectivity index (χ4n) is 1.38. The number of hydrogen-bond donors (Lipinski definition) is 2. The number of halogens is 2. The van der Waals surface area contributed by atoms with Crippen LogP contribution in [0.2, 0.25) is 5.02 Å². The summed E-state index contributed by atoms with van der Waals surface area (Å²) in [6, 6.07) is 6.22. The highest BCUT2D eigenvalue weighted by Gasteiger charge is 2.19. The lowest BCUT2D eigenvalue weighted by Gasteiger charge is -2.09. The van der Waals surface area contributed by atoms with Gasteiger partial charge in [-0.25, -0.2) is 8.42 Å². The van der Waals surface area contributed by atoms with E-state index >= 15 is 0 Å². The van der Waals surface area contributed by atoms with Gasteiger partial charge in [-0.15, -0.1) is 11.3 Å². The first kappa shape index (κ1) is 14.6. The number of nitrogen functional groups attached to an aromatic ring is 1. The molecule has 0 aliphatic carbocycles. The molecule has 0 aliphatic rings. The van der Waals surface area contributed by atoms with Crippen LogP contribution in [0.3, 0.4) is 0 Å². The fourth-order valence-corrected chi connectivity index (χ4v) is 4.85. The van der Waals surface area contributed by atoms with Crippen molar-refractivity contribution < 1.29 is 8.42 Å². The van der Waals surface area contributed by atoms with Crippen molar-refractivity contribution in [1.82, 2.24) is 0 Å². The lowest BCUT2D eigenvalue weighted by molar-refractivity contribution is 0.603. The number of thiophene rings is 1. The van der Waals surface area contributed by atoms with Gasteiger partial charge in [0.2, 0.25) is 0 Å². The van der Waals surface area contributed by atoms with Gasteiger partial charge in [-0.05, 0) is 52.7 Å². The van der Waals surface area contributed by atoms with Crippen molar-refractivity contribution in [1.29, 1.82) is 0 Å². The number of hydrogen-bond acceptors (Lipinski definition) is 4. The molecule has 1 heterocycles. The van der Waals surface area contributed by atoms with Gasteiger partial charge in [-0.2, -0.15) is 0 Å². The lowest BCUT2D eigenvalue weighted by Crippen LogP contribution is -2.12. The zero-order valence-electron chi connectivity index (χ0n) is 9.78. The Morgan fingerprint density at radius 1 is 1.37 bits per heavy atom. The Morgan fingerprint density at radius 2 is 2.05 bits per heavy atom. The summed E-state index contributed by atoms with van der Waals surface area (Å²) < 4.78 is 27.9. The van der Waals surface area contributed by atoms with Gasteiger partial charge in [-0.3, -0.25) is 4.72 Å². The summed E-state index contributed by atoms with van der Waals surface area (Å²) in [5, 5.41) is 0.412. The van der Waals surface area contributed by atoms with E-state index in [2.05, 4.69) is 20.7 Å². The molecular formula is C11H10BrClN2O2S2. The molecule has 0 spiro atoms. The fraction of sp³-hybridized carbons (Fsp3) is 0.0909. The second-order valence-electron chi connectivity index (χ2n) is 3.86. The molecule has 0 fully saturated rings. The lowest BCUT2D eigenvalue weighted by atomic mass is 10.3. The largest absolute Gasteiger partial charge is 0.397 e. The van der Waals surface area contributed by atoms with Crippen LogP contribution < -0.4 is 10.5 Å². The predicted octanol–water partition coefficient (Wildman–Crippen LogP) is 3.86. The third-order valence-electron chi connectivity index (χ3n) is 2.36. The molecule has 0 aliphatic heterocycles. The van der Waals surface area contributed by atoms with Crippen molar-refractivity contribution in [2.75, 3.05) is 10.5 Å². The van der Waals surface area contributed by atoms with Crippen molar-refractivity contribution >= 4 is 60.3 Å².